The molecular formula is C18H18N2O2. The summed E-state index contributed by atoms with van der Waals surface area (Å²) < 4.78 is 5.32. The maximum Gasteiger partial charge on any atom is 0.235 e. The zero-order valence-electron chi connectivity index (χ0n) is 12.3. The molecule has 0 radical (unpaired) electrons. The van der Waals surface area contributed by atoms with E-state index < -0.39 is 0 Å². The summed E-state index contributed by atoms with van der Waals surface area (Å²) in [6.45, 7) is 4.00. The van der Waals surface area contributed by atoms with Gasteiger partial charge in [0.2, 0.25) is 11.8 Å². The van der Waals surface area contributed by atoms with Gasteiger partial charge in [0, 0.05) is 6.07 Å². The highest BCUT2D eigenvalue weighted by molar-refractivity contribution is 6.01. The Bertz CT molecular complexity index is 661. The van der Waals surface area contributed by atoms with Gasteiger partial charge in [0.25, 0.3) is 0 Å². The van der Waals surface area contributed by atoms with E-state index in [2.05, 4.69) is 16.9 Å². The third kappa shape index (κ3) is 2.86. The number of benzene rings is 1. The fraction of sp³-hybridized carbons (Fsp3) is 0.222. The van der Waals surface area contributed by atoms with Gasteiger partial charge in [-0.3, -0.25) is 4.79 Å². The van der Waals surface area contributed by atoms with E-state index in [1.807, 2.05) is 30.3 Å². The second-order valence-electron chi connectivity index (χ2n) is 5.39. The highest BCUT2D eigenvalue weighted by Gasteiger charge is 2.51. The third-order valence-electron chi connectivity index (χ3n) is 3.85. The SMILES string of the molecule is C=CCOc1ccc(NC(=O)C2(c3ccccc3)CC2)cn1. The molecule has 1 N–H and O–H groups in total. The van der Waals surface area contributed by atoms with E-state index in [-0.39, 0.29) is 11.3 Å². The van der Waals surface area contributed by atoms with Crippen molar-refractivity contribution < 1.29 is 9.53 Å². The summed E-state index contributed by atoms with van der Waals surface area (Å²) in [5.74, 6) is 0.544. The molecule has 4 nitrogen and oxygen atoms in total. The first-order valence-electron chi connectivity index (χ1n) is 7.31. The molecule has 1 aromatic heterocycles. The lowest BCUT2D eigenvalue weighted by Gasteiger charge is -2.15. The Balaban J connectivity index is 1.68. The Labute approximate surface area is 129 Å². The summed E-state index contributed by atoms with van der Waals surface area (Å²) in [5, 5.41) is 2.95. The average molecular weight is 294 g/mol. The van der Waals surface area contributed by atoms with Gasteiger partial charge >= 0.3 is 0 Å². The Morgan fingerprint density at radius 1 is 1.27 bits per heavy atom. The van der Waals surface area contributed by atoms with E-state index in [1.54, 1.807) is 24.4 Å². The van der Waals surface area contributed by atoms with Crippen molar-refractivity contribution in [2.45, 2.75) is 18.3 Å². The fourth-order valence-electron chi connectivity index (χ4n) is 2.46. The van der Waals surface area contributed by atoms with Crippen LogP contribution in [-0.4, -0.2) is 17.5 Å². The molecule has 1 aliphatic rings. The normalized spacial score (nSPS) is 14.9. The molecule has 3 rings (SSSR count). The first-order valence-corrected chi connectivity index (χ1v) is 7.31. The lowest BCUT2D eigenvalue weighted by atomic mass is 9.95. The number of hydrogen-bond donors (Lipinski definition) is 1. The van der Waals surface area contributed by atoms with Crippen LogP contribution in [0.4, 0.5) is 5.69 Å². The highest BCUT2D eigenvalue weighted by Crippen LogP contribution is 2.48. The van der Waals surface area contributed by atoms with E-state index in [4.69, 9.17) is 4.74 Å². The number of aromatic nitrogens is 1. The number of ether oxygens (including phenoxy) is 1. The Kier molecular flexibility index (Phi) is 3.92. The van der Waals surface area contributed by atoms with Crippen molar-refractivity contribution in [3.63, 3.8) is 0 Å². The van der Waals surface area contributed by atoms with Crippen LogP contribution in [0, 0.1) is 0 Å². The molecule has 0 unspecified atom stereocenters. The standard InChI is InChI=1S/C18H18N2O2/c1-2-12-22-16-9-8-15(13-19-16)20-17(21)18(10-11-18)14-6-4-3-5-7-14/h2-9,13H,1,10-12H2,(H,20,21). The molecule has 1 amide bonds. The van der Waals surface area contributed by atoms with Gasteiger partial charge in [-0.05, 0) is 24.5 Å². The van der Waals surface area contributed by atoms with Gasteiger partial charge in [0.15, 0.2) is 0 Å². The summed E-state index contributed by atoms with van der Waals surface area (Å²) in [6.07, 6.45) is 5.04. The Morgan fingerprint density at radius 3 is 2.64 bits per heavy atom. The summed E-state index contributed by atoms with van der Waals surface area (Å²) in [5.41, 5.74) is 1.38. The number of nitrogens with zero attached hydrogens (tertiary/aromatic N) is 1. The van der Waals surface area contributed by atoms with Crippen LogP contribution in [0.3, 0.4) is 0 Å². The van der Waals surface area contributed by atoms with Crippen LogP contribution in [-0.2, 0) is 10.2 Å². The van der Waals surface area contributed by atoms with Gasteiger partial charge < -0.3 is 10.1 Å². The van der Waals surface area contributed by atoms with Crippen molar-refractivity contribution in [2.24, 2.45) is 0 Å². The molecular weight excluding hydrogens is 276 g/mol. The minimum atomic E-state index is -0.376. The van der Waals surface area contributed by atoms with E-state index in [1.165, 1.54) is 0 Å². The largest absolute Gasteiger partial charge is 0.473 e. The minimum Gasteiger partial charge on any atom is -0.473 e. The van der Waals surface area contributed by atoms with Crippen LogP contribution in [0.1, 0.15) is 18.4 Å². The summed E-state index contributed by atoms with van der Waals surface area (Å²) >= 11 is 0. The van der Waals surface area contributed by atoms with Crippen LogP contribution in [0.5, 0.6) is 5.88 Å². The zero-order valence-corrected chi connectivity index (χ0v) is 12.3. The molecule has 1 heterocycles. The number of anilines is 1. The molecule has 0 aliphatic heterocycles. The van der Waals surface area contributed by atoms with Crippen molar-refractivity contribution in [1.29, 1.82) is 0 Å². The van der Waals surface area contributed by atoms with Crippen molar-refractivity contribution in [2.75, 3.05) is 11.9 Å². The topological polar surface area (TPSA) is 51.2 Å². The van der Waals surface area contributed by atoms with Crippen LogP contribution in [0.2, 0.25) is 0 Å². The van der Waals surface area contributed by atoms with Gasteiger partial charge in [0.05, 0.1) is 17.3 Å². The predicted molar refractivity (Wildman–Crippen MR) is 85.9 cm³/mol. The minimum absolute atomic E-state index is 0.0280. The van der Waals surface area contributed by atoms with E-state index >= 15 is 0 Å². The van der Waals surface area contributed by atoms with Gasteiger partial charge in [-0.15, -0.1) is 0 Å². The maximum absolute atomic E-state index is 12.6. The third-order valence-corrected chi connectivity index (χ3v) is 3.85. The lowest BCUT2D eigenvalue weighted by molar-refractivity contribution is -0.118. The molecule has 4 heteroatoms. The number of nitrogens with one attached hydrogen (secondary N) is 1. The molecule has 0 bridgehead atoms. The fourth-order valence-corrected chi connectivity index (χ4v) is 2.46. The van der Waals surface area contributed by atoms with Gasteiger partial charge in [0.1, 0.15) is 6.61 Å². The van der Waals surface area contributed by atoms with Gasteiger partial charge in [-0.2, -0.15) is 0 Å². The first kappa shape index (κ1) is 14.3. The predicted octanol–water partition coefficient (Wildman–Crippen LogP) is 3.32. The number of carbonyl (C=O) groups excluding carboxylic acids is 1. The highest BCUT2D eigenvalue weighted by atomic mass is 16.5. The van der Waals surface area contributed by atoms with Crippen LogP contribution in [0.15, 0.2) is 61.3 Å². The van der Waals surface area contributed by atoms with Gasteiger partial charge in [-0.25, -0.2) is 4.98 Å². The Hall–Kier alpha value is -2.62. The van der Waals surface area contributed by atoms with Crippen LogP contribution < -0.4 is 10.1 Å². The smallest absolute Gasteiger partial charge is 0.235 e. The zero-order chi connectivity index (χ0) is 15.4. The van der Waals surface area contributed by atoms with Crippen LogP contribution >= 0.6 is 0 Å². The number of pyridine rings is 1. The molecule has 1 fully saturated rings. The second-order valence-corrected chi connectivity index (χ2v) is 5.39. The number of hydrogen-bond acceptors (Lipinski definition) is 3. The molecule has 0 saturated heterocycles. The quantitative estimate of drug-likeness (QED) is 0.832. The number of rotatable bonds is 6. The van der Waals surface area contributed by atoms with Crippen molar-refractivity contribution in [3.8, 4) is 5.88 Å². The van der Waals surface area contributed by atoms with Crippen molar-refractivity contribution >= 4 is 11.6 Å². The molecule has 22 heavy (non-hydrogen) atoms. The second kappa shape index (κ2) is 6.02. The summed E-state index contributed by atoms with van der Waals surface area (Å²) in [4.78, 5) is 16.7. The average Bonchev–Trinajstić information content (AvgIpc) is 3.37. The molecule has 1 aromatic carbocycles. The molecule has 1 saturated carbocycles. The van der Waals surface area contributed by atoms with Crippen molar-refractivity contribution in [3.05, 3.63) is 66.9 Å². The van der Waals surface area contributed by atoms with E-state index in [0.29, 0.717) is 18.2 Å². The van der Waals surface area contributed by atoms with E-state index in [9.17, 15) is 4.79 Å². The first-order chi connectivity index (χ1) is 10.7. The molecule has 2 aromatic rings. The summed E-state index contributed by atoms with van der Waals surface area (Å²) in [6, 6.07) is 13.5. The van der Waals surface area contributed by atoms with Crippen LogP contribution in [0.25, 0.3) is 0 Å². The molecule has 0 spiro atoms. The van der Waals surface area contributed by atoms with Gasteiger partial charge in [-0.1, -0.05) is 43.0 Å². The molecule has 112 valence electrons. The molecule has 1 aliphatic carbocycles. The van der Waals surface area contributed by atoms with Crippen molar-refractivity contribution in [1.82, 2.24) is 4.98 Å². The van der Waals surface area contributed by atoms with E-state index in [0.717, 1.165) is 18.4 Å². The number of carbonyl (C=O) groups is 1. The Morgan fingerprint density at radius 2 is 2.05 bits per heavy atom. The maximum atomic E-state index is 12.6. The number of amides is 1. The monoisotopic (exact) mass is 294 g/mol. The lowest BCUT2D eigenvalue weighted by Crippen LogP contribution is -2.27. The molecule has 0 atom stereocenters. The summed E-state index contributed by atoms with van der Waals surface area (Å²) in [7, 11) is 0.